The van der Waals surface area contributed by atoms with E-state index in [1.165, 1.54) is 11.6 Å². The van der Waals surface area contributed by atoms with E-state index >= 15 is 0 Å². The quantitative estimate of drug-likeness (QED) is 0.157. The lowest BCUT2D eigenvalue weighted by atomic mass is 9.66. The second-order valence-electron chi connectivity index (χ2n) is 16.8. The van der Waals surface area contributed by atoms with Gasteiger partial charge in [-0.05, 0) is 101 Å². The molecule has 1 saturated carbocycles. The number of nitrogen functional groups attached to an aromatic ring is 2. The zero-order valence-electron chi connectivity index (χ0n) is 31.6. The first-order valence-electron chi connectivity index (χ1n) is 19.5. The molecule has 1 spiro atoms. The number of hydrogen-bond acceptors (Lipinski definition) is 13. The molecule has 0 amide bonds. The number of carbonyl (C=O) groups is 1. The van der Waals surface area contributed by atoms with Crippen LogP contribution in [0.3, 0.4) is 0 Å². The molecular formula is C43H44N6O7. The molecule has 4 atom stereocenters. The molecule has 0 unspecified atom stereocenters. The van der Waals surface area contributed by atoms with Gasteiger partial charge >= 0.3 is 5.97 Å². The third-order valence-corrected chi connectivity index (χ3v) is 12.7. The lowest BCUT2D eigenvalue weighted by Crippen LogP contribution is -2.53. The number of aromatic hydroxyl groups is 1. The van der Waals surface area contributed by atoms with Crippen LogP contribution in [0.5, 0.6) is 11.5 Å². The number of allylic oxidation sites excluding steroid dienone is 1. The zero-order chi connectivity index (χ0) is 38.7. The van der Waals surface area contributed by atoms with Crippen LogP contribution >= 0.6 is 0 Å². The summed E-state index contributed by atoms with van der Waals surface area (Å²) in [6, 6.07) is 10.8. The number of phenolic OH excluding ortho intramolecular Hbond substituents is 1. The number of carbonyl (C=O) groups excluding carboxylic acids is 1. The van der Waals surface area contributed by atoms with Crippen LogP contribution in [0.4, 0.5) is 11.6 Å². The topological polar surface area (TPSA) is 192 Å². The summed E-state index contributed by atoms with van der Waals surface area (Å²) in [6.07, 6.45) is 9.22. The zero-order valence-corrected chi connectivity index (χ0v) is 31.6. The number of aromatic nitrogens is 2. The van der Waals surface area contributed by atoms with E-state index in [9.17, 15) is 14.7 Å². The summed E-state index contributed by atoms with van der Waals surface area (Å²) in [5.41, 5.74) is 16.6. The molecule has 5 N–H and O–H groups in total. The number of fused-ring (bicyclic) bond motifs is 6. The van der Waals surface area contributed by atoms with Crippen LogP contribution in [-0.2, 0) is 27.2 Å². The Bertz CT molecular complexity index is 2500. The van der Waals surface area contributed by atoms with Gasteiger partial charge in [0.2, 0.25) is 0 Å². The number of nitrogens with two attached hydrogens (primary N) is 2. The first-order chi connectivity index (χ1) is 26.9. The van der Waals surface area contributed by atoms with Crippen molar-refractivity contribution >= 4 is 34.8 Å². The number of aliphatic imine (C=N–C) groups is 1. The Morgan fingerprint density at radius 3 is 2.61 bits per heavy atom. The van der Waals surface area contributed by atoms with Crippen molar-refractivity contribution in [3.63, 3.8) is 0 Å². The maximum Gasteiger partial charge on any atom is 0.341 e. The van der Waals surface area contributed by atoms with Crippen LogP contribution in [0.2, 0.25) is 0 Å². The number of epoxide rings is 1. The Hall–Kier alpha value is -5.69. The minimum absolute atomic E-state index is 0.00896. The number of nitrogens with zero attached hydrogens (tertiary/aromatic N) is 4. The van der Waals surface area contributed by atoms with Crippen molar-refractivity contribution < 1.29 is 28.5 Å². The fourth-order valence-electron chi connectivity index (χ4n) is 10.2. The van der Waals surface area contributed by atoms with Gasteiger partial charge in [0, 0.05) is 59.6 Å². The normalized spacial score (nSPS) is 28.1. The number of hydrogen-bond donors (Lipinski definition) is 3. The summed E-state index contributed by atoms with van der Waals surface area (Å²) in [5.74, 6) is 0.829. The minimum atomic E-state index is -1.07. The van der Waals surface area contributed by atoms with Crippen LogP contribution in [0.1, 0.15) is 74.5 Å². The van der Waals surface area contributed by atoms with Gasteiger partial charge in [-0.25, -0.2) is 14.8 Å². The minimum Gasteiger partial charge on any atom is -0.507 e. The monoisotopic (exact) mass is 756 g/mol. The number of anilines is 2. The lowest BCUT2D eigenvalue weighted by molar-refractivity contribution is -0.172. The molecule has 1 aliphatic carbocycles. The van der Waals surface area contributed by atoms with E-state index in [1.54, 1.807) is 13.0 Å². The predicted octanol–water partition coefficient (Wildman–Crippen LogP) is 5.85. The summed E-state index contributed by atoms with van der Waals surface area (Å²) in [4.78, 5) is 43.4. The fraction of sp³-hybridized carbons (Fsp3) is 0.419. The van der Waals surface area contributed by atoms with Gasteiger partial charge < -0.3 is 40.1 Å². The van der Waals surface area contributed by atoms with E-state index in [0.29, 0.717) is 53.8 Å². The molecule has 56 heavy (non-hydrogen) atoms. The third kappa shape index (κ3) is 5.57. The maximum absolute atomic E-state index is 14.5. The van der Waals surface area contributed by atoms with Crippen LogP contribution in [0.25, 0.3) is 22.2 Å². The molecule has 4 aromatic rings. The van der Waals surface area contributed by atoms with Crippen molar-refractivity contribution in [2.45, 2.75) is 95.2 Å². The van der Waals surface area contributed by atoms with E-state index in [4.69, 9.17) is 30.1 Å². The standard InChI is InChI=1S/C43H44N6O7/c1-21-12-30(50)37-31(53-21)17-32-38(39(37)51)36-23-5-7-26(8-6-23)43(41(52)54-40(36)42(2,3)55-32)33(56-43)9-4-22-13-28(48-34(44)14-22)25-15-27(47-35(45)16-25)19-49-18-24-10-11-46-29(24)20-49/h10-17,20,23,26,33,36,40,51H,4-9,18-19H2,1-3H3,(H2,44,48)(H2,45,47)/t23?,26?,33-,36+,40-,43+/m1/s1. The van der Waals surface area contributed by atoms with Crippen LogP contribution in [-0.4, -0.2) is 62.1 Å². The average Bonchev–Trinajstić information content (AvgIpc) is 3.48. The van der Waals surface area contributed by atoms with Crippen molar-refractivity contribution in [3.8, 4) is 22.8 Å². The van der Waals surface area contributed by atoms with Crippen LogP contribution in [0, 0.1) is 18.8 Å². The maximum atomic E-state index is 14.5. The molecule has 1 aromatic carbocycles. The van der Waals surface area contributed by atoms with Crippen LogP contribution < -0.4 is 21.6 Å². The molecule has 3 aromatic heterocycles. The summed E-state index contributed by atoms with van der Waals surface area (Å²) in [5, 5.41) is 11.8. The van der Waals surface area contributed by atoms with Gasteiger partial charge in [0.05, 0.1) is 29.7 Å². The number of rotatable bonds is 6. The number of phenols is 1. The van der Waals surface area contributed by atoms with Gasteiger partial charge in [-0.15, -0.1) is 0 Å². The third-order valence-electron chi connectivity index (χ3n) is 12.7. The Morgan fingerprint density at radius 1 is 1.00 bits per heavy atom. The van der Waals surface area contributed by atoms with Gasteiger partial charge in [-0.1, -0.05) is 0 Å². The second kappa shape index (κ2) is 12.4. The first kappa shape index (κ1) is 34.8. The molecule has 6 aliphatic heterocycles. The van der Waals surface area contributed by atoms with E-state index < -0.39 is 23.3 Å². The van der Waals surface area contributed by atoms with Crippen molar-refractivity contribution in [2.24, 2.45) is 16.8 Å². The largest absolute Gasteiger partial charge is 0.507 e. The SMILES string of the molecule is Cc1cc(=O)c2c(O)c3c(cc2o1)OC(C)(C)[C@@H]1OC(=O)[C@]2(O[C@@H]2CCc2cc(N)nc(-c4cc(N)nc(CN5C=C6N=CC=C6C5)c4)c2)C2CCC(CC2)[C@@H]31. The fourth-order valence-corrected chi connectivity index (χ4v) is 10.2. The van der Waals surface area contributed by atoms with E-state index in [2.05, 4.69) is 19.9 Å². The molecule has 4 fully saturated rings. The highest BCUT2D eigenvalue weighted by molar-refractivity contribution is 5.88. The van der Waals surface area contributed by atoms with Crippen molar-refractivity contribution in [1.29, 1.82) is 0 Å². The number of esters is 1. The summed E-state index contributed by atoms with van der Waals surface area (Å²) in [7, 11) is 0. The molecule has 7 aliphatic rings. The smallest absolute Gasteiger partial charge is 0.341 e. The van der Waals surface area contributed by atoms with Crippen LogP contribution in [0.15, 0.2) is 74.1 Å². The van der Waals surface area contributed by atoms with Gasteiger partial charge in [0.1, 0.15) is 51.6 Å². The predicted molar refractivity (Wildman–Crippen MR) is 209 cm³/mol. The molecule has 3 saturated heterocycles. The van der Waals surface area contributed by atoms with Crippen molar-refractivity contribution in [2.75, 3.05) is 18.0 Å². The Labute approximate surface area is 323 Å². The van der Waals surface area contributed by atoms with E-state index in [0.717, 1.165) is 54.7 Å². The molecule has 0 radical (unpaired) electrons. The van der Waals surface area contributed by atoms with Crippen molar-refractivity contribution in [1.82, 2.24) is 14.9 Å². The summed E-state index contributed by atoms with van der Waals surface area (Å²) < 4.78 is 25.4. The highest BCUT2D eigenvalue weighted by Gasteiger charge is 2.69. The molecule has 13 heteroatoms. The Balaban J connectivity index is 0.899. The highest BCUT2D eigenvalue weighted by Crippen LogP contribution is 2.60. The summed E-state index contributed by atoms with van der Waals surface area (Å²) in [6.45, 7) is 6.85. The lowest BCUT2D eigenvalue weighted by Gasteiger charge is -2.47. The Morgan fingerprint density at radius 2 is 1.80 bits per heavy atom. The summed E-state index contributed by atoms with van der Waals surface area (Å²) >= 11 is 0. The molecular weight excluding hydrogens is 713 g/mol. The Kier molecular flexibility index (Phi) is 7.70. The average molecular weight is 757 g/mol. The number of benzene rings is 1. The molecule has 13 nitrogen and oxygen atoms in total. The molecule has 9 heterocycles. The van der Waals surface area contributed by atoms with Gasteiger partial charge in [-0.3, -0.25) is 9.79 Å². The highest BCUT2D eigenvalue weighted by atomic mass is 16.7. The first-order valence-corrected chi connectivity index (χ1v) is 19.5. The number of ether oxygens (including phenoxy) is 3. The van der Waals surface area contributed by atoms with Gasteiger partial charge in [0.15, 0.2) is 11.0 Å². The molecule has 2 bridgehead atoms. The number of aryl methyl sites for hydroxylation is 2. The van der Waals surface area contributed by atoms with Gasteiger partial charge in [-0.2, -0.15) is 0 Å². The molecule has 288 valence electrons. The molecule has 11 rings (SSSR count). The number of pyridine rings is 2. The van der Waals surface area contributed by atoms with Crippen molar-refractivity contribution in [3.05, 3.63) is 92.7 Å². The van der Waals surface area contributed by atoms with E-state index in [-0.39, 0.29) is 46.0 Å². The van der Waals surface area contributed by atoms with E-state index in [1.807, 2.05) is 56.6 Å². The second-order valence-corrected chi connectivity index (χ2v) is 16.8. The van der Waals surface area contributed by atoms with Gasteiger partial charge in [0.25, 0.3) is 0 Å².